The van der Waals surface area contributed by atoms with E-state index in [0.717, 1.165) is 16.1 Å². The number of anilines is 1. The number of ether oxygens (including phenoxy) is 1. The maximum Gasteiger partial charge on any atom is 0.244 e. The first-order valence-corrected chi connectivity index (χ1v) is 12.6. The Morgan fingerprint density at radius 2 is 1.79 bits per heavy atom. The molecule has 0 bridgehead atoms. The van der Waals surface area contributed by atoms with Crippen molar-refractivity contribution < 1.29 is 22.7 Å². The van der Waals surface area contributed by atoms with Crippen LogP contribution in [0.2, 0.25) is 5.02 Å². The van der Waals surface area contributed by atoms with E-state index in [1.54, 1.807) is 57.4 Å². The summed E-state index contributed by atoms with van der Waals surface area (Å²) in [5, 5.41) is 2.94. The van der Waals surface area contributed by atoms with Crippen molar-refractivity contribution in [1.29, 1.82) is 0 Å². The monoisotopic (exact) mass is 495 g/mol. The van der Waals surface area contributed by atoms with Gasteiger partial charge < -0.3 is 15.0 Å². The normalized spacial score (nSPS) is 12.1. The molecular weight excluding hydrogens is 466 g/mol. The molecule has 2 aromatic carbocycles. The Hall–Kier alpha value is -2.78. The van der Waals surface area contributed by atoms with E-state index >= 15 is 0 Å². The maximum atomic E-state index is 13.5. The summed E-state index contributed by atoms with van der Waals surface area (Å²) in [4.78, 5) is 27.5. The number of nitrogens with zero attached hydrogens (tertiary/aromatic N) is 2. The molecule has 0 heterocycles. The standard InChI is InChI=1S/C23H30ClN3O5S/c1-6-20(23(29)25-3)26(14-17-8-11-19(32-4)12-9-17)22(28)15-27(33(5,30)31)21-13-18(24)10-7-16(21)2/h7-13,20H,6,14-15H2,1-5H3,(H,25,29). The Morgan fingerprint density at radius 1 is 1.15 bits per heavy atom. The average Bonchev–Trinajstić information content (AvgIpc) is 2.78. The first kappa shape index (κ1) is 26.5. The van der Waals surface area contributed by atoms with E-state index in [9.17, 15) is 18.0 Å². The van der Waals surface area contributed by atoms with E-state index < -0.39 is 28.5 Å². The molecule has 0 radical (unpaired) electrons. The maximum absolute atomic E-state index is 13.5. The highest BCUT2D eigenvalue weighted by atomic mass is 35.5. The summed E-state index contributed by atoms with van der Waals surface area (Å²) in [7, 11) is -0.760. The molecular formula is C23H30ClN3O5S. The van der Waals surface area contributed by atoms with Crippen molar-refractivity contribution >= 4 is 39.1 Å². The molecule has 10 heteroatoms. The molecule has 0 saturated heterocycles. The van der Waals surface area contributed by atoms with Gasteiger partial charge in [-0.05, 0) is 48.7 Å². The lowest BCUT2D eigenvalue weighted by Gasteiger charge is -2.33. The molecule has 0 aliphatic heterocycles. The van der Waals surface area contributed by atoms with Gasteiger partial charge in [0, 0.05) is 18.6 Å². The number of nitrogens with one attached hydrogen (secondary N) is 1. The fourth-order valence-electron chi connectivity index (χ4n) is 3.46. The molecule has 180 valence electrons. The predicted molar refractivity (Wildman–Crippen MR) is 130 cm³/mol. The second-order valence-electron chi connectivity index (χ2n) is 7.61. The molecule has 1 N–H and O–H groups in total. The van der Waals surface area contributed by atoms with Gasteiger partial charge in [-0.15, -0.1) is 0 Å². The van der Waals surface area contributed by atoms with Gasteiger partial charge in [-0.3, -0.25) is 13.9 Å². The number of benzene rings is 2. The summed E-state index contributed by atoms with van der Waals surface area (Å²) in [5.41, 5.74) is 1.74. The fourth-order valence-corrected chi connectivity index (χ4v) is 4.53. The summed E-state index contributed by atoms with van der Waals surface area (Å²) >= 11 is 6.10. The molecule has 0 spiro atoms. The first-order valence-electron chi connectivity index (χ1n) is 10.4. The van der Waals surface area contributed by atoms with Crippen molar-refractivity contribution in [2.75, 3.05) is 31.3 Å². The third-order valence-electron chi connectivity index (χ3n) is 5.26. The van der Waals surface area contributed by atoms with Crippen molar-refractivity contribution in [3.63, 3.8) is 0 Å². The van der Waals surface area contributed by atoms with Crippen LogP contribution in [0.25, 0.3) is 0 Å². The molecule has 0 aliphatic carbocycles. The van der Waals surface area contributed by atoms with Crippen LogP contribution in [-0.4, -0.2) is 58.1 Å². The van der Waals surface area contributed by atoms with E-state index in [0.29, 0.717) is 28.4 Å². The first-order chi connectivity index (χ1) is 15.5. The molecule has 8 nitrogen and oxygen atoms in total. The van der Waals surface area contributed by atoms with Gasteiger partial charge in [-0.25, -0.2) is 8.42 Å². The van der Waals surface area contributed by atoms with E-state index in [2.05, 4.69) is 5.32 Å². The summed E-state index contributed by atoms with van der Waals surface area (Å²) in [6, 6.07) is 11.2. The number of likely N-dealkylation sites (N-methyl/N-ethyl adjacent to an activating group) is 1. The van der Waals surface area contributed by atoms with Crippen LogP contribution in [0.3, 0.4) is 0 Å². The van der Waals surface area contributed by atoms with Gasteiger partial charge in [-0.1, -0.05) is 36.7 Å². The van der Waals surface area contributed by atoms with Crippen molar-refractivity contribution in [1.82, 2.24) is 10.2 Å². The van der Waals surface area contributed by atoms with Gasteiger partial charge in [0.1, 0.15) is 18.3 Å². The Balaban J connectivity index is 2.45. The van der Waals surface area contributed by atoms with Gasteiger partial charge in [0.15, 0.2) is 0 Å². The van der Waals surface area contributed by atoms with Crippen molar-refractivity contribution in [3.8, 4) is 5.75 Å². The lowest BCUT2D eigenvalue weighted by atomic mass is 10.1. The average molecular weight is 496 g/mol. The van der Waals surface area contributed by atoms with Crippen molar-refractivity contribution in [3.05, 3.63) is 58.6 Å². The Labute approximate surface area is 200 Å². The number of hydrogen-bond donors (Lipinski definition) is 1. The Morgan fingerprint density at radius 3 is 2.30 bits per heavy atom. The number of hydrogen-bond acceptors (Lipinski definition) is 5. The Kier molecular flexibility index (Phi) is 9.13. The molecule has 2 rings (SSSR count). The van der Waals surface area contributed by atoms with Gasteiger partial charge >= 0.3 is 0 Å². The van der Waals surface area contributed by atoms with Gasteiger partial charge in [0.2, 0.25) is 21.8 Å². The van der Waals surface area contributed by atoms with Gasteiger partial charge in [-0.2, -0.15) is 0 Å². The Bertz CT molecular complexity index is 1090. The molecule has 1 unspecified atom stereocenters. The third-order valence-corrected chi connectivity index (χ3v) is 6.62. The van der Waals surface area contributed by atoms with E-state index in [1.165, 1.54) is 18.0 Å². The zero-order valence-electron chi connectivity index (χ0n) is 19.5. The lowest BCUT2D eigenvalue weighted by Crippen LogP contribution is -2.51. The predicted octanol–water partition coefficient (Wildman–Crippen LogP) is 2.98. The topological polar surface area (TPSA) is 96.0 Å². The minimum Gasteiger partial charge on any atom is -0.497 e. The SMILES string of the molecule is CCC(C(=O)NC)N(Cc1ccc(OC)cc1)C(=O)CN(c1cc(Cl)ccc1C)S(C)(=O)=O. The number of carbonyl (C=O) groups is 2. The minimum absolute atomic E-state index is 0.126. The smallest absolute Gasteiger partial charge is 0.244 e. The molecule has 33 heavy (non-hydrogen) atoms. The van der Waals surface area contributed by atoms with E-state index in [-0.39, 0.29) is 12.5 Å². The number of sulfonamides is 1. The molecule has 1 atom stereocenters. The number of halogens is 1. The summed E-state index contributed by atoms with van der Waals surface area (Å²) in [6.45, 7) is 3.19. The highest BCUT2D eigenvalue weighted by Gasteiger charge is 2.31. The molecule has 0 aliphatic rings. The number of carbonyl (C=O) groups excluding carboxylic acids is 2. The van der Waals surface area contributed by atoms with Gasteiger partial charge in [0.25, 0.3) is 0 Å². The second-order valence-corrected chi connectivity index (χ2v) is 9.95. The lowest BCUT2D eigenvalue weighted by molar-refractivity contribution is -0.140. The molecule has 0 saturated carbocycles. The number of rotatable bonds is 10. The zero-order chi connectivity index (χ0) is 24.8. The highest BCUT2D eigenvalue weighted by Crippen LogP contribution is 2.27. The molecule has 2 aromatic rings. The number of methoxy groups -OCH3 is 1. The summed E-state index contributed by atoms with van der Waals surface area (Å²) in [5.74, 6) is -0.176. The molecule has 0 aromatic heterocycles. The van der Waals surface area contributed by atoms with E-state index in [1.807, 2.05) is 0 Å². The van der Waals surface area contributed by atoms with Crippen LogP contribution in [0.15, 0.2) is 42.5 Å². The van der Waals surface area contributed by atoms with Crippen molar-refractivity contribution in [2.45, 2.75) is 32.9 Å². The van der Waals surface area contributed by atoms with E-state index in [4.69, 9.17) is 16.3 Å². The van der Waals surface area contributed by atoms with Gasteiger partial charge in [0.05, 0.1) is 19.1 Å². The van der Waals surface area contributed by atoms with Crippen LogP contribution in [0.5, 0.6) is 5.75 Å². The van der Waals surface area contributed by atoms with Crippen LogP contribution in [0, 0.1) is 6.92 Å². The number of amides is 2. The second kappa shape index (κ2) is 11.4. The van der Waals surface area contributed by atoms with Crippen LogP contribution in [0.4, 0.5) is 5.69 Å². The zero-order valence-corrected chi connectivity index (χ0v) is 21.0. The molecule has 0 fully saturated rings. The third kappa shape index (κ3) is 6.85. The van der Waals surface area contributed by atoms with Crippen LogP contribution in [0.1, 0.15) is 24.5 Å². The quantitative estimate of drug-likeness (QED) is 0.546. The minimum atomic E-state index is -3.82. The molecule has 2 amide bonds. The van der Waals surface area contributed by atoms with Crippen LogP contribution < -0.4 is 14.4 Å². The van der Waals surface area contributed by atoms with Crippen molar-refractivity contribution in [2.24, 2.45) is 0 Å². The van der Waals surface area contributed by atoms with Crippen LogP contribution >= 0.6 is 11.6 Å². The fraction of sp³-hybridized carbons (Fsp3) is 0.391. The summed E-state index contributed by atoms with van der Waals surface area (Å²) < 4.78 is 31.5. The largest absolute Gasteiger partial charge is 0.497 e. The van der Waals surface area contributed by atoms with Crippen LogP contribution in [-0.2, 0) is 26.2 Å². The highest BCUT2D eigenvalue weighted by molar-refractivity contribution is 7.92. The summed E-state index contributed by atoms with van der Waals surface area (Å²) in [6.07, 6.45) is 1.39. The number of aryl methyl sites for hydroxylation is 1.